The lowest BCUT2D eigenvalue weighted by Crippen LogP contribution is -2.30. The summed E-state index contributed by atoms with van der Waals surface area (Å²) >= 11 is 0. The van der Waals surface area contributed by atoms with Crippen LogP contribution in [0, 0.1) is 0 Å². The van der Waals surface area contributed by atoms with Gasteiger partial charge in [0, 0.05) is 6.20 Å². The van der Waals surface area contributed by atoms with Gasteiger partial charge < -0.3 is 14.8 Å². The highest BCUT2D eigenvalue weighted by molar-refractivity contribution is 5.95. The first-order valence-corrected chi connectivity index (χ1v) is 8.88. The predicted molar refractivity (Wildman–Crippen MR) is 106 cm³/mol. The zero-order chi connectivity index (χ0) is 19.1. The molecule has 0 saturated heterocycles. The molecule has 5 nitrogen and oxygen atoms in total. The molecule has 0 fully saturated rings. The lowest BCUT2D eigenvalue weighted by atomic mass is 10.1. The summed E-state index contributed by atoms with van der Waals surface area (Å²) in [5.74, 6) is 0.761. The molecule has 0 saturated carbocycles. The molecule has 0 aliphatic rings. The maximum absolute atomic E-state index is 12.4. The number of carbonyl (C=O) groups excluding carboxylic acids is 1. The molecule has 0 bridgehead atoms. The van der Waals surface area contributed by atoms with Crippen LogP contribution in [0.2, 0.25) is 0 Å². The highest BCUT2D eigenvalue weighted by Crippen LogP contribution is 2.24. The molecule has 1 unspecified atom stereocenters. The largest absolute Gasteiger partial charge is 0.481 e. The fraction of sp³-hybridized carbons (Fsp3) is 0.182. The van der Waals surface area contributed by atoms with E-state index in [4.69, 9.17) is 9.47 Å². The Morgan fingerprint density at radius 2 is 1.70 bits per heavy atom. The molecule has 0 radical (unpaired) electrons. The van der Waals surface area contributed by atoms with Gasteiger partial charge in [0.25, 0.3) is 5.91 Å². The predicted octanol–water partition coefficient (Wildman–Crippen LogP) is 4.55. The van der Waals surface area contributed by atoms with E-state index >= 15 is 0 Å². The normalized spacial score (nSPS) is 11.5. The van der Waals surface area contributed by atoms with Gasteiger partial charge in [-0.05, 0) is 49.2 Å². The highest BCUT2D eigenvalue weighted by Gasteiger charge is 2.17. The van der Waals surface area contributed by atoms with E-state index in [9.17, 15) is 4.79 Å². The highest BCUT2D eigenvalue weighted by atomic mass is 16.5. The maximum Gasteiger partial charge on any atom is 0.265 e. The summed E-state index contributed by atoms with van der Waals surface area (Å²) in [5.41, 5.74) is 2.76. The molecule has 1 atom stereocenters. The van der Waals surface area contributed by atoms with Crippen LogP contribution in [-0.2, 0) is 4.79 Å². The second-order valence-electron chi connectivity index (χ2n) is 5.93. The minimum Gasteiger partial charge on any atom is -0.481 e. The molecule has 3 aromatic rings. The third-order valence-corrected chi connectivity index (χ3v) is 3.95. The van der Waals surface area contributed by atoms with Crippen molar-refractivity contribution in [2.75, 3.05) is 11.9 Å². The molecule has 1 aromatic heterocycles. The van der Waals surface area contributed by atoms with Gasteiger partial charge in [0.2, 0.25) is 5.88 Å². The van der Waals surface area contributed by atoms with Crippen molar-refractivity contribution < 1.29 is 14.3 Å². The average molecular weight is 362 g/mol. The van der Waals surface area contributed by atoms with E-state index in [1.165, 1.54) is 0 Å². The number of aromatic nitrogens is 1. The van der Waals surface area contributed by atoms with Gasteiger partial charge in [0.1, 0.15) is 11.4 Å². The standard InChI is InChI=1S/C22H22N2O3/c1-3-26-22-20(10-7-15-23-22)24-21(25)16(2)27-19-13-11-18(12-14-19)17-8-5-4-6-9-17/h4-16H,3H2,1-2H3,(H,24,25). The number of benzene rings is 2. The van der Waals surface area contributed by atoms with Crippen molar-refractivity contribution >= 4 is 11.6 Å². The Balaban J connectivity index is 1.63. The van der Waals surface area contributed by atoms with Gasteiger partial charge in [0.15, 0.2) is 6.10 Å². The molecule has 1 N–H and O–H groups in total. The second kappa shape index (κ2) is 8.85. The zero-order valence-corrected chi connectivity index (χ0v) is 15.4. The molecule has 0 aliphatic carbocycles. The van der Waals surface area contributed by atoms with Crippen LogP contribution in [-0.4, -0.2) is 23.6 Å². The molecule has 1 heterocycles. The SMILES string of the molecule is CCOc1ncccc1NC(=O)C(C)Oc1ccc(-c2ccccc2)cc1. The number of rotatable bonds is 7. The van der Waals surface area contributed by atoms with Crippen molar-refractivity contribution in [2.45, 2.75) is 20.0 Å². The van der Waals surface area contributed by atoms with Gasteiger partial charge in [0.05, 0.1) is 6.61 Å². The van der Waals surface area contributed by atoms with Crippen LogP contribution in [0.5, 0.6) is 11.6 Å². The number of nitrogens with one attached hydrogen (secondary N) is 1. The molecular formula is C22H22N2O3. The van der Waals surface area contributed by atoms with Crippen LogP contribution in [0.15, 0.2) is 72.9 Å². The third-order valence-electron chi connectivity index (χ3n) is 3.95. The van der Waals surface area contributed by atoms with E-state index < -0.39 is 6.10 Å². The average Bonchev–Trinajstić information content (AvgIpc) is 2.71. The summed E-state index contributed by atoms with van der Waals surface area (Å²) in [6.45, 7) is 4.04. The van der Waals surface area contributed by atoms with Crippen molar-refractivity contribution in [3.05, 3.63) is 72.9 Å². The smallest absolute Gasteiger partial charge is 0.265 e. The Morgan fingerprint density at radius 3 is 2.41 bits per heavy atom. The van der Waals surface area contributed by atoms with E-state index in [2.05, 4.69) is 22.4 Å². The molecular weight excluding hydrogens is 340 g/mol. The van der Waals surface area contributed by atoms with E-state index in [-0.39, 0.29) is 5.91 Å². The van der Waals surface area contributed by atoms with Crippen molar-refractivity contribution in [2.24, 2.45) is 0 Å². The topological polar surface area (TPSA) is 60.5 Å². The van der Waals surface area contributed by atoms with Crippen LogP contribution in [0.4, 0.5) is 5.69 Å². The quantitative estimate of drug-likeness (QED) is 0.670. The summed E-state index contributed by atoms with van der Waals surface area (Å²) in [6.07, 6.45) is 0.955. The first-order chi connectivity index (χ1) is 13.2. The number of amides is 1. The van der Waals surface area contributed by atoms with Crippen molar-refractivity contribution in [1.29, 1.82) is 0 Å². The van der Waals surface area contributed by atoms with Crippen molar-refractivity contribution in [1.82, 2.24) is 4.98 Å². The summed E-state index contributed by atoms with van der Waals surface area (Å²) in [7, 11) is 0. The monoisotopic (exact) mass is 362 g/mol. The lowest BCUT2D eigenvalue weighted by Gasteiger charge is -2.16. The number of nitrogens with zero attached hydrogens (tertiary/aromatic N) is 1. The van der Waals surface area contributed by atoms with Crippen LogP contribution < -0.4 is 14.8 Å². The van der Waals surface area contributed by atoms with Crippen LogP contribution in [0.1, 0.15) is 13.8 Å². The van der Waals surface area contributed by atoms with Crippen LogP contribution in [0.25, 0.3) is 11.1 Å². The van der Waals surface area contributed by atoms with Gasteiger partial charge in [-0.2, -0.15) is 0 Å². The molecule has 3 rings (SSSR count). The second-order valence-corrected chi connectivity index (χ2v) is 5.93. The summed E-state index contributed by atoms with van der Waals surface area (Å²) < 4.78 is 11.2. The molecule has 2 aromatic carbocycles. The van der Waals surface area contributed by atoms with E-state index in [1.807, 2.05) is 49.4 Å². The van der Waals surface area contributed by atoms with Crippen molar-refractivity contribution in [3.8, 4) is 22.8 Å². The molecule has 27 heavy (non-hydrogen) atoms. The van der Waals surface area contributed by atoms with Gasteiger partial charge in [-0.15, -0.1) is 0 Å². The zero-order valence-electron chi connectivity index (χ0n) is 15.4. The molecule has 1 amide bonds. The third kappa shape index (κ3) is 4.85. The minimum atomic E-state index is -0.665. The number of pyridine rings is 1. The summed E-state index contributed by atoms with van der Waals surface area (Å²) in [5, 5.41) is 2.80. The fourth-order valence-corrected chi connectivity index (χ4v) is 2.59. The van der Waals surface area contributed by atoms with Gasteiger partial charge >= 0.3 is 0 Å². The maximum atomic E-state index is 12.4. The Morgan fingerprint density at radius 1 is 1.00 bits per heavy atom. The van der Waals surface area contributed by atoms with Crippen molar-refractivity contribution in [3.63, 3.8) is 0 Å². The summed E-state index contributed by atoms with van der Waals surface area (Å²) in [6, 6.07) is 21.3. The number of carbonyl (C=O) groups is 1. The Bertz CT molecular complexity index is 880. The lowest BCUT2D eigenvalue weighted by molar-refractivity contribution is -0.122. The molecule has 0 aliphatic heterocycles. The molecule has 138 valence electrons. The molecule has 5 heteroatoms. The Kier molecular flexibility index (Phi) is 6.05. The first kappa shape index (κ1) is 18.5. The number of ether oxygens (including phenoxy) is 2. The van der Waals surface area contributed by atoms with E-state index in [1.54, 1.807) is 25.3 Å². The minimum absolute atomic E-state index is 0.268. The van der Waals surface area contributed by atoms with Gasteiger partial charge in [-0.3, -0.25) is 4.79 Å². The Labute approximate surface area is 159 Å². The van der Waals surface area contributed by atoms with E-state index in [0.29, 0.717) is 23.9 Å². The number of hydrogen-bond donors (Lipinski definition) is 1. The van der Waals surface area contributed by atoms with Gasteiger partial charge in [-0.1, -0.05) is 42.5 Å². The number of hydrogen-bond acceptors (Lipinski definition) is 4. The van der Waals surface area contributed by atoms with Crippen LogP contribution >= 0.6 is 0 Å². The summed E-state index contributed by atoms with van der Waals surface area (Å²) in [4.78, 5) is 16.6. The first-order valence-electron chi connectivity index (χ1n) is 8.88. The van der Waals surface area contributed by atoms with E-state index in [0.717, 1.165) is 11.1 Å². The van der Waals surface area contributed by atoms with Gasteiger partial charge in [-0.25, -0.2) is 4.98 Å². The number of anilines is 1. The fourth-order valence-electron chi connectivity index (χ4n) is 2.59. The Hall–Kier alpha value is -3.34. The van der Waals surface area contributed by atoms with Crippen LogP contribution in [0.3, 0.4) is 0 Å². The molecule has 0 spiro atoms.